The predicted molar refractivity (Wildman–Crippen MR) is 99.1 cm³/mol. The van der Waals surface area contributed by atoms with Crippen molar-refractivity contribution in [2.24, 2.45) is 0 Å². The Hall–Kier alpha value is -2.13. The second-order valence-corrected chi connectivity index (χ2v) is 6.55. The molecule has 3 nitrogen and oxygen atoms in total. The summed E-state index contributed by atoms with van der Waals surface area (Å²) in [5, 5.41) is 0. The molecule has 2 atom stereocenters. The molecule has 0 spiro atoms. The molecular weight excluding hydrogens is 312 g/mol. The van der Waals surface area contributed by atoms with Gasteiger partial charge in [-0.15, -0.1) is 0 Å². The fourth-order valence-corrected chi connectivity index (χ4v) is 3.28. The molecule has 132 valence electrons. The number of carbonyl (C=O) groups is 1. The Kier molecular flexibility index (Phi) is 6.24. The maximum atomic E-state index is 13.0. The van der Waals surface area contributed by atoms with Gasteiger partial charge < -0.3 is 9.47 Å². The fraction of sp³-hybridized carbons (Fsp3) is 0.409. The maximum Gasteiger partial charge on any atom is 0.199 e. The number of carbonyl (C=O) groups excluding carboxylic acids is 1. The standard InChI is InChI=1S/C22H26O3/c1-2-8-20(17-9-4-3-5-10-17)22(23)18-12-14-19(15-13-18)25-21-11-6-7-16-24-21/h3-5,9-10,12-15,20-21H,2,6-8,11,16H2,1H3. The summed E-state index contributed by atoms with van der Waals surface area (Å²) in [6, 6.07) is 17.5. The molecule has 3 heteroatoms. The van der Waals surface area contributed by atoms with Crippen LogP contribution in [0.2, 0.25) is 0 Å². The van der Waals surface area contributed by atoms with Crippen LogP contribution in [0.25, 0.3) is 0 Å². The van der Waals surface area contributed by atoms with Gasteiger partial charge in [0.05, 0.1) is 6.61 Å². The fourth-order valence-electron chi connectivity index (χ4n) is 3.28. The van der Waals surface area contributed by atoms with Gasteiger partial charge in [0, 0.05) is 17.9 Å². The average molecular weight is 338 g/mol. The van der Waals surface area contributed by atoms with Gasteiger partial charge in [-0.05, 0) is 49.1 Å². The smallest absolute Gasteiger partial charge is 0.199 e. The second-order valence-electron chi connectivity index (χ2n) is 6.55. The zero-order chi connectivity index (χ0) is 17.5. The molecular formula is C22H26O3. The molecule has 1 aliphatic heterocycles. The predicted octanol–water partition coefficient (Wildman–Crippen LogP) is 5.36. The van der Waals surface area contributed by atoms with Crippen LogP contribution < -0.4 is 4.74 Å². The normalized spacial score (nSPS) is 18.5. The monoisotopic (exact) mass is 338 g/mol. The lowest BCUT2D eigenvalue weighted by molar-refractivity contribution is -0.105. The average Bonchev–Trinajstić information content (AvgIpc) is 2.68. The molecule has 0 saturated carbocycles. The summed E-state index contributed by atoms with van der Waals surface area (Å²) >= 11 is 0. The highest BCUT2D eigenvalue weighted by atomic mass is 16.7. The Morgan fingerprint density at radius 3 is 2.52 bits per heavy atom. The van der Waals surface area contributed by atoms with E-state index in [1.165, 1.54) is 0 Å². The van der Waals surface area contributed by atoms with E-state index in [2.05, 4.69) is 6.92 Å². The molecule has 0 aliphatic carbocycles. The Labute approximate surface area is 150 Å². The summed E-state index contributed by atoms with van der Waals surface area (Å²) in [5.74, 6) is 0.850. The van der Waals surface area contributed by atoms with E-state index in [-0.39, 0.29) is 18.0 Å². The summed E-state index contributed by atoms with van der Waals surface area (Å²) in [4.78, 5) is 13.0. The van der Waals surface area contributed by atoms with Crippen molar-refractivity contribution < 1.29 is 14.3 Å². The molecule has 25 heavy (non-hydrogen) atoms. The Morgan fingerprint density at radius 2 is 1.88 bits per heavy atom. The van der Waals surface area contributed by atoms with Crippen molar-refractivity contribution in [1.82, 2.24) is 0 Å². The SMILES string of the molecule is CCCC(C(=O)c1ccc(OC2CCCCO2)cc1)c1ccccc1. The molecule has 0 amide bonds. The molecule has 0 N–H and O–H groups in total. The summed E-state index contributed by atoms with van der Waals surface area (Å²) in [6.07, 6.45) is 4.84. The van der Waals surface area contributed by atoms with E-state index < -0.39 is 0 Å². The molecule has 2 aromatic rings. The number of Topliss-reactive ketones (excluding diaryl/α,β-unsaturated/α-hetero) is 1. The van der Waals surface area contributed by atoms with Crippen molar-refractivity contribution in [2.45, 2.75) is 51.2 Å². The Balaban J connectivity index is 1.70. The van der Waals surface area contributed by atoms with Crippen LogP contribution in [0.4, 0.5) is 0 Å². The Bertz CT molecular complexity index is 657. The third kappa shape index (κ3) is 4.70. The number of hydrogen-bond acceptors (Lipinski definition) is 3. The zero-order valence-electron chi connectivity index (χ0n) is 14.8. The van der Waals surface area contributed by atoms with Crippen molar-refractivity contribution >= 4 is 5.78 Å². The van der Waals surface area contributed by atoms with Crippen LogP contribution in [0.15, 0.2) is 54.6 Å². The molecule has 0 aromatic heterocycles. The zero-order valence-corrected chi connectivity index (χ0v) is 14.8. The molecule has 1 saturated heterocycles. The van der Waals surface area contributed by atoms with E-state index in [4.69, 9.17) is 9.47 Å². The first-order valence-electron chi connectivity index (χ1n) is 9.25. The van der Waals surface area contributed by atoms with Gasteiger partial charge in [-0.25, -0.2) is 0 Å². The lowest BCUT2D eigenvalue weighted by atomic mass is 9.87. The van der Waals surface area contributed by atoms with Crippen molar-refractivity contribution in [2.75, 3.05) is 6.61 Å². The molecule has 0 radical (unpaired) electrons. The van der Waals surface area contributed by atoms with Gasteiger partial charge in [-0.2, -0.15) is 0 Å². The van der Waals surface area contributed by atoms with E-state index in [0.717, 1.165) is 55.6 Å². The van der Waals surface area contributed by atoms with Crippen LogP contribution in [0.3, 0.4) is 0 Å². The molecule has 1 aliphatic rings. The molecule has 3 rings (SSSR count). The highest BCUT2D eigenvalue weighted by Gasteiger charge is 2.21. The summed E-state index contributed by atoms with van der Waals surface area (Å²) in [5.41, 5.74) is 1.82. The van der Waals surface area contributed by atoms with Crippen LogP contribution in [-0.2, 0) is 4.74 Å². The Morgan fingerprint density at radius 1 is 1.12 bits per heavy atom. The van der Waals surface area contributed by atoms with Gasteiger partial charge in [0.2, 0.25) is 0 Å². The van der Waals surface area contributed by atoms with Crippen molar-refractivity contribution in [3.63, 3.8) is 0 Å². The number of rotatable bonds is 7. The van der Waals surface area contributed by atoms with E-state index in [0.29, 0.717) is 0 Å². The van der Waals surface area contributed by atoms with E-state index in [9.17, 15) is 4.79 Å². The first kappa shape index (κ1) is 17.7. The van der Waals surface area contributed by atoms with Crippen molar-refractivity contribution in [3.8, 4) is 5.75 Å². The van der Waals surface area contributed by atoms with E-state index in [1.54, 1.807) is 0 Å². The lowest BCUT2D eigenvalue weighted by Gasteiger charge is -2.23. The first-order chi connectivity index (χ1) is 12.3. The summed E-state index contributed by atoms with van der Waals surface area (Å²) in [7, 11) is 0. The minimum atomic E-state index is -0.160. The molecule has 0 bridgehead atoms. The summed E-state index contributed by atoms with van der Waals surface area (Å²) in [6.45, 7) is 2.88. The lowest BCUT2D eigenvalue weighted by Crippen LogP contribution is -2.25. The topological polar surface area (TPSA) is 35.5 Å². The third-order valence-electron chi connectivity index (χ3n) is 4.64. The van der Waals surface area contributed by atoms with E-state index >= 15 is 0 Å². The quantitative estimate of drug-likeness (QED) is 0.638. The van der Waals surface area contributed by atoms with E-state index in [1.807, 2.05) is 54.6 Å². The van der Waals surface area contributed by atoms with Crippen LogP contribution in [-0.4, -0.2) is 18.7 Å². The van der Waals surface area contributed by atoms with Crippen LogP contribution in [0.5, 0.6) is 5.75 Å². The van der Waals surface area contributed by atoms with Crippen LogP contribution in [0.1, 0.15) is 60.9 Å². The number of ether oxygens (including phenoxy) is 2. The highest BCUT2D eigenvalue weighted by molar-refractivity contribution is 6.01. The number of hydrogen-bond donors (Lipinski definition) is 0. The number of ketones is 1. The molecule has 1 fully saturated rings. The minimum Gasteiger partial charge on any atom is -0.465 e. The molecule has 2 unspecified atom stereocenters. The second kappa shape index (κ2) is 8.82. The number of benzene rings is 2. The van der Waals surface area contributed by atoms with Gasteiger partial charge in [-0.1, -0.05) is 43.7 Å². The van der Waals surface area contributed by atoms with Gasteiger partial charge in [-0.3, -0.25) is 4.79 Å². The largest absolute Gasteiger partial charge is 0.465 e. The van der Waals surface area contributed by atoms with Crippen molar-refractivity contribution in [1.29, 1.82) is 0 Å². The van der Waals surface area contributed by atoms with Gasteiger partial charge >= 0.3 is 0 Å². The van der Waals surface area contributed by atoms with Gasteiger partial charge in [0.25, 0.3) is 0 Å². The maximum absolute atomic E-state index is 13.0. The van der Waals surface area contributed by atoms with Crippen LogP contribution in [0, 0.1) is 0 Å². The highest BCUT2D eigenvalue weighted by Crippen LogP contribution is 2.27. The van der Waals surface area contributed by atoms with Gasteiger partial charge in [0.1, 0.15) is 5.75 Å². The third-order valence-corrected chi connectivity index (χ3v) is 4.64. The first-order valence-corrected chi connectivity index (χ1v) is 9.25. The minimum absolute atomic E-state index is 0.0837. The van der Waals surface area contributed by atoms with Gasteiger partial charge in [0.15, 0.2) is 12.1 Å². The molecule has 2 aromatic carbocycles. The molecule has 1 heterocycles. The van der Waals surface area contributed by atoms with Crippen molar-refractivity contribution in [3.05, 3.63) is 65.7 Å². The summed E-state index contributed by atoms with van der Waals surface area (Å²) < 4.78 is 11.4. The van der Waals surface area contributed by atoms with Crippen LogP contribution >= 0.6 is 0 Å².